The predicted molar refractivity (Wildman–Crippen MR) is 51.0 cm³/mol. The Hall–Kier alpha value is 0.140. The van der Waals surface area contributed by atoms with Crippen LogP contribution in [0.3, 0.4) is 0 Å². The molecule has 0 fully saturated rings. The molecular formula is C10H16NNaO. The number of nitrogens with one attached hydrogen (secondary N) is 1. The summed E-state index contributed by atoms with van der Waals surface area (Å²) < 4.78 is 0. The molecule has 0 saturated heterocycles. The van der Waals surface area contributed by atoms with E-state index < -0.39 is 6.10 Å². The van der Waals surface area contributed by atoms with Crippen molar-refractivity contribution < 1.29 is 36.1 Å². The van der Waals surface area contributed by atoms with E-state index in [1.54, 1.807) is 0 Å². The molecule has 0 heterocycles. The molecule has 1 aromatic carbocycles. The van der Waals surface area contributed by atoms with Gasteiger partial charge in [0, 0.05) is 6.04 Å². The Labute approximate surface area is 103 Å². The molecule has 0 aromatic heterocycles. The van der Waals surface area contributed by atoms with Gasteiger partial charge < -0.3 is 11.8 Å². The van der Waals surface area contributed by atoms with Crippen molar-refractivity contribution in [1.29, 1.82) is 0 Å². The predicted octanol–water partition coefficient (Wildman–Crippen LogP) is -1.56. The standard InChI is InChI=1S/C10H15NO.Na.H/c1-8(11-2)10(12)9-6-4-3-5-7-9;;/h3-8,10-12H,1-2H3;;/q;+1;-1/t8-,10-;;/m0../s1. The number of likely N-dealkylation sites (N-methyl/N-ethyl adjacent to an activating group) is 1. The van der Waals surface area contributed by atoms with Crippen LogP contribution in [0.2, 0.25) is 0 Å². The fourth-order valence-corrected chi connectivity index (χ4v) is 1.10. The fourth-order valence-electron chi connectivity index (χ4n) is 1.10. The van der Waals surface area contributed by atoms with Crippen LogP contribution in [0.15, 0.2) is 30.3 Å². The first-order chi connectivity index (χ1) is 5.75. The number of hydrogen-bond donors (Lipinski definition) is 2. The van der Waals surface area contributed by atoms with E-state index in [1.165, 1.54) is 0 Å². The van der Waals surface area contributed by atoms with Crippen molar-refractivity contribution >= 4 is 0 Å². The molecule has 2 nitrogen and oxygen atoms in total. The first-order valence-electron chi connectivity index (χ1n) is 4.16. The van der Waals surface area contributed by atoms with Crippen molar-refractivity contribution in [3.63, 3.8) is 0 Å². The van der Waals surface area contributed by atoms with E-state index in [-0.39, 0.29) is 37.0 Å². The van der Waals surface area contributed by atoms with Crippen LogP contribution < -0.4 is 34.9 Å². The van der Waals surface area contributed by atoms with Crippen molar-refractivity contribution in [2.24, 2.45) is 0 Å². The van der Waals surface area contributed by atoms with E-state index in [1.807, 2.05) is 44.3 Å². The second-order valence-corrected chi connectivity index (χ2v) is 2.93. The number of benzene rings is 1. The number of aliphatic hydroxyl groups is 1. The van der Waals surface area contributed by atoms with Gasteiger partial charge in [-0.3, -0.25) is 0 Å². The van der Waals surface area contributed by atoms with E-state index in [4.69, 9.17) is 0 Å². The van der Waals surface area contributed by atoms with E-state index in [2.05, 4.69) is 5.32 Å². The van der Waals surface area contributed by atoms with Gasteiger partial charge in [0.25, 0.3) is 0 Å². The molecule has 0 spiro atoms. The smallest absolute Gasteiger partial charge is 1.00 e. The van der Waals surface area contributed by atoms with E-state index in [0.717, 1.165) is 5.56 Å². The molecule has 0 radical (unpaired) electrons. The van der Waals surface area contributed by atoms with Gasteiger partial charge in [-0.2, -0.15) is 0 Å². The fraction of sp³-hybridized carbons (Fsp3) is 0.400. The minimum atomic E-state index is -0.420. The third kappa shape index (κ3) is 3.79. The van der Waals surface area contributed by atoms with Crippen LogP contribution in [0.4, 0.5) is 0 Å². The summed E-state index contributed by atoms with van der Waals surface area (Å²) >= 11 is 0. The molecule has 1 rings (SSSR count). The van der Waals surface area contributed by atoms with Gasteiger partial charge in [0.05, 0.1) is 6.10 Å². The Morgan fingerprint density at radius 1 is 1.31 bits per heavy atom. The third-order valence-corrected chi connectivity index (χ3v) is 2.07. The van der Waals surface area contributed by atoms with Crippen LogP contribution in [0, 0.1) is 0 Å². The van der Waals surface area contributed by atoms with E-state index >= 15 is 0 Å². The van der Waals surface area contributed by atoms with Crippen molar-refractivity contribution in [2.45, 2.75) is 19.1 Å². The first kappa shape index (κ1) is 13.1. The third-order valence-electron chi connectivity index (χ3n) is 2.07. The zero-order valence-corrected chi connectivity index (χ0v) is 10.5. The Balaban J connectivity index is 0. The summed E-state index contributed by atoms with van der Waals surface area (Å²) in [5.74, 6) is 0. The minimum Gasteiger partial charge on any atom is -1.00 e. The summed E-state index contributed by atoms with van der Waals surface area (Å²) in [4.78, 5) is 0. The van der Waals surface area contributed by atoms with E-state index in [9.17, 15) is 5.11 Å². The van der Waals surface area contributed by atoms with Crippen molar-refractivity contribution in [3.8, 4) is 0 Å². The summed E-state index contributed by atoms with van der Waals surface area (Å²) in [5.41, 5.74) is 0.958. The van der Waals surface area contributed by atoms with Crippen LogP contribution >= 0.6 is 0 Å². The average Bonchev–Trinajstić information content (AvgIpc) is 2.17. The Kier molecular flexibility index (Phi) is 6.64. The minimum absolute atomic E-state index is 0. The molecule has 0 aliphatic carbocycles. The molecule has 0 bridgehead atoms. The second-order valence-electron chi connectivity index (χ2n) is 2.93. The normalized spacial score (nSPS) is 14.4. The number of hydrogen-bond acceptors (Lipinski definition) is 2. The summed E-state index contributed by atoms with van der Waals surface area (Å²) in [6, 6.07) is 9.76. The molecule has 0 unspecified atom stereocenters. The number of rotatable bonds is 3. The molecule has 1 aromatic rings. The largest absolute Gasteiger partial charge is 1.00 e. The molecule has 0 aliphatic rings. The van der Waals surface area contributed by atoms with Gasteiger partial charge in [-0.05, 0) is 19.5 Å². The maximum Gasteiger partial charge on any atom is 1.00 e. The van der Waals surface area contributed by atoms with Crippen LogP contribution in [-0.2, 0) is 0 Å². The second kappa shape index (κ2) is 6.57. The zero-order chi connectivity index (χ0) is 8.97. The van der Waals surface area contributed by atoms with Gasteiger partial charge in [0.1, 0.15) is 0 Å². The van der Waals surface area contributed by atoms with Gasteiger partial charge in [-0.25, -0.2) is 0 Å². The Morgan fingerprint density at radius 3 is 2.31 bits per heavy atom. The molecule has 68 valence electrons. The molecule has 0 amide bonds. The summed E-state index contributed by atoms with van der Waals surface area (Å²) in [7, 11) is 1.84. The van der Waals surface area contributed by atoms with Gasteiger partial charge in [0.2, 0.25) is 0 Å². The van der Waals surface area contributed by atoms with Gasteiger partial charge in [-0.1, -0.05) is 30.3 Å². The van der Waals surface area contributed by atoms with Gasteiger partial charge >= 0.3 is 29.6 Å². The molecule has 0 aliphatic heterocycles. The summed E-state index contributed by atoms with van der Waals surface area (Å²) in [6.07, 6.45) is -0.420. The maximum absolute atomic E-state index is 9.73. The van der Waals surface area contributed by atoms with Crippen molar-refractivity contribution in [2.75, 3.05) is 7.05 Å². The van der Waals surface area contributed by atoms with Crippen LogP contribution in [0.1, 0.15) is 20.0 Å². The van der Waals surface area contributed by atoms with Crippen LogP contribution in [-0.4, -0.2) is 18.2 Å². The molecule has 0 saturated carbocycles. The van der Waals surface area contributed by atoms with Crippen molar-refractivity contribution in [3.05, 3.63) is 35.9 Å². The molecule has 3 heteroatoms. The molecule has 13 heavy (non-hydrogen) atoms. The first-order valence-corrected chi connectivity index (χ1v) is 4.16. The Morgan fingerprint density at radius 2 is 1.85 bits per heavy atom. The van der Waals surface area contributed by atoms with Crippen LogP contribution in [0.5, 0.6) is 0 Å². The SMILES string of the molecule is CN[C@@H](C)[C@H](O)c1ccccc1.[H-].[Na+]. The van der Waals surface area contributed by atoms with Crippen LogP contribution in [0.25, 0.3) is 0 Å². The molecule has 2 N–H and O–H groups in total. The zero-order valence-electron chi connectivity index (χ0n) is 9.49. The monoisotopic (exact) mass is 189 g/mol. The molecule has 2 atom stereocenters. The van der Waals surface area contributed by atoms with Gasteiger partial charge in [-0.15, -0.1) is 0 Å². The topological polar surface area (TPSA) is 32.3 Å². The van der Waals surface area contributed by atoms with Crippen molar-refractivity contribution in [1.82, 2.24) is 5.32 Å². The maximum atomic E-state index is 9.73. The summed E-state index contributed by atoms with van der Waals surface area (Å²) in [5, 5.41) is 12.7. The average molecular weight is 189 g/mol. The number of aliphatic hydroxyl groups excluding tert-OH is 1. The van der Waals surface area contributed by atoms with E-state index in [0.29, 0.717) is 0 Å². The molecular weight excluding hydrogens is 173 g/mol. The Bertz CT molecular complexity index is 233. The quantitative estimate of drug-likeness (QED) is 0.564. The van der Waals surface area contributed by atoms with Gasteiger partial charge in [0.15, 0.2) is 0 Å². The summed E-state index contributed by atoms with van der Waals surface area (Å²) in [6.45, 7) is 1.96.